The smallest absolute Gasteiger partial charge is 0.255 e. The van der Waals surface area contributed by atoms with Crippen LogP contribution in [-0.2, 0) is 0 Å². The van der Waals surface area contributed by atoms with Crippen molar-refractivity contribution in [1.29, 1.82) is 0 Å². The highest BCUT2D eigenvalue weighted by Gasteiger charge is 2.20. The normalized spacial score (nSPS) is 13.8. The van der Waals surface area contributed by atoms with Gasteiger partial charge >= 0.3 is 0 Å². The molecule has 0 radical (unpaired) electrons. The van der Waals surface area contributed by atoms with Crippen LogP contribution in [0.4, 0.5) is 11.4 Å². The minimum atomic E-state index is -0.0685. The molecule has 0 atom stereocenters. The molecule has 2 aromatic rings. The molecule has 2 aromatic carbocycles. The zero-order valence-electron chi connectivity index (χ0n) is 12.4. The molecule has 0 spiro atoms. The van der Waals surface area contributed by atoms with Crippen LogP contribution in [0.2, 0.25) is 0 Å². The van der Waals surface area contributed by atoms with E-state index in [1.807, 2.05) is 56.3 Å². The lowest BCUT2D eigenvalue weighted by molar-refractivity contribution is 0.102. The van der Waals surface area contributed by atoms with E-state index in [4.69, 9.17) is 0 Å². The molecular weight excluding hydrogens is 260 g/mol. The van der Waals surface area contributed by atoms with Gasteiger partial charge in [0.2, 0.25) is 0 Å². The number of anilines is 2. The molecule has 108 valence electrons. The number of hydrogen-bond acceptors (Lipinski definition) is 2. The van der Waals surface area contributed by atoms with Crippen LogP contribution >= 0.6 is 0 Å². The topological polar surface area (TPSA) is 41.1 Å². The first-order chi connectivity index (χ1) is 10.1. The quantitative estimate of drug-likeness (QED) is 0.884. The molecule has 3 rings (SSSR count). The summed E-state index contributed by atoms with van der Waals surface area (Å²) in [6, 6.07) is 14.3. The summed E-state index contributed by atoms with van der Waals surface area (Å²) in [5, 5.41) is 6.36. The minimum absolute atomic E-state index is 0.0685. The first kappa shape index (κ1) is 13.7. The average Bonchev–Trinajstić information content (AvgIpc) is 3.28. The summed E-state index contributed by atoms with van der Waals surface area (Å²) in [7, 11) is 0. The van der Waals surface area contributed by atoms with E-state index in [2.05, 4.69) is 10.6 Å². The van der Waals surface area contributed by atoms with Gasteiger partial charge in [0.1, 0.15) is 0 Å². The Kier molecular flexibility index (Phi) is 3.65. The Bertz CT molecular complexity index is 657. The van der Waals surface area contributed by atoms with E-state index in [-0.39, 0.29) is 5.91 Å². The second-order valence-electron chi connectivity index (χ2n) is 5.75. The Hall–Kier alpha value is -2.29. The molecule has 1 fully saturated rings. The predicted molar refractivity (Wildman–Crippen MR) is 87.0 cm³/mol. The van der Waals surface area contributed by atoms with Crippen molar-refractivity contribution >= 4 is 17.3 Å². The predicted octanol–water partition coefficient (Wildman–Crippen LogP) is 4.13. The van der Waals surface area contributed by atoms with Gasteiger partial charge in [-0.2, -0.15) is 0 Å². The van der Waals surface area contributed by atoms with E-state index in [0.29, 0.717) is 11.6 Å². The summed E-state index contributed by atoms with van der Waals surface area (Å²) in [5.41, 5.74) is 4.95. The molecule has 3 heteroatoms. The molecule has 1 aliphatic carbocycles. The fourth-order valence-corrected chi connectivity index (χ4v) is 2.20. The highest BCUT2D eigenvalue weighted by Crippen LogP contribution is 2.25. The highest BCUT2D eigenvalue weighted by atomic mass is 16.1. The van der Waals surface area contributed by atoms with E-state index < -0.39 is 0 Å². The average molecular weight is 280 g/mol. The van der Waals surface area contributed by atoms with Gasteiger partial charge in [0.25, 0.3) is 5.91 Å². The van der Waals surface area contributed by atoms with Gasteiger partial charge < -0.3 is 10.6 Å². The van der Waals surface area contributed by atoms with Crippen molar-refractivity contribution in [2.75, 3.05) is 10.6 Å². The van der Waals surface area contributed by atoms with Crippen molar-refractivity contribution < 1.29 is 4.79 Å². The third-order valence-corrected chi connectivity index (χ3v) is 3.86. The second kappa shape index (κ2) is 5.60. The summed E-state index contributed by atoms with van der Waals surface area (Å²) in [5.74, 6) is -0.0685. The third-order valence-electron chi connectivity index (χ3n) is 3.86. The van der Waals surface area contributed by atoms with Crippen molar-refractivity contribution in [3.8, 4) is 0 Å². The molecule has 0 heterocycles. The largest absolute Gasteiger partial charge is 0.382 e. The van der Waals surface area contributed by atoms with E-state index in [0.717, 1.165) is 16.9 Å². The number of nitrogens with one attached hydrogen (secondary N) is 2. The summed E-state index contributed by atoms with van der Waals surface area (Å²) in [6.45, 7) is 4.06. The number of carbonyl (C=O) groups excluding carboxylic acids is 1. The second-order valence-corrected chi connectivity index (χ2v) is 5.75. The maximum absolute atomic E-state index is 12.2. The molecule has 3 nitrogen and oxygen atoms in total. The zero-order chi connectivity index (χ0) is 14.8. The summed E-state index contributed by atoms with van der Waals surface area (Å²) < 4.78 is 0. The molecule has 0 saturated heterocycles. The van der Waals surface area contributed by atoms with Crippen LogP contribution in [0.1, 0.15) is 34.3 Å². The lowest BCUT2D eigenvalue weighted by Gasteiger charge is -2.09. The number of hydrogen-bond donors (Lipinski definition) is 2. The van der Waals surface area contributed by atoms with Crippen LogP contribution in [-0.4, -0.2) is 11.9 Å². The third kappa shape index (κ3) is 3.43. The molecule has 0 bridgehead atoms. The highest BCUT2D eigenvalue weighted by molar-refractivity contribution is 6.04. The SMILES string of the molecule is Cc1ccc(C(=O)Nc2ccc(NC3CC3)cc2)cc1C. The Morgan fingerprint density at radius 1 is 0.952 bits per heavy atom. The van der Waals surface area contributed by atoms with Crippen LogP contribution < -0.4 is 10.6 Å². The molecule has 2 N–H and O–H groups in total. The fraction of sp³-hybridized carbons (Fsp3) is 0.278. The molecule has 0 unspecified atom stereocenters. The summed E-state index contributed by atoms with van der Waals surface area (Å²) in [6.07, 6.45) is 2.51. The van der Waals surface area contributed by atoms with E-state index in [1.54, 1.807) is 0 Å². The number of benzene rings is 2. The fourth-order valence-electron chi connectivity index (χ4n) is 2.20. The maximum Gasteiger partial charge on any atom is 0.255 e. The zero-order valence-corrected chi connectivity index (χ0v) is 12.4. The van der Waals surface area contributed by atoms with Gasteiger partial charge in [-0.25, -0.2) is 0 Å². The number of rotatable bonds is 4. The van der Waals surface area contributed by atoms with E-state index >= 15 is 0 Å². The van der Waals surface area contributed by atoms with E-state index in [1.165, 1.54) is 18.4 Å². The van der Waals surface area contributed by atoms with Gasteiger partial charge in [0.05, 0.1) is 0 Å². The molecular formula is C18H20N2O. The van der Waals surface area contributed by atoms with Crippen molar-refractivity contribution in [2.45, 2.75) is 32.7 Å². The Labute approximate surface area is 125 Å². The minimum Gasteiger partial charge on any atom is -0.382 e. The molecule has 1 aliphatic rings. The lowest BCUT2D eigenvalue weighted by atomic mass is 10.1. The van der Waals surface area contributed by atoms with Crippen molar-refractivity contribution in [3.05, 3.63) is 59.2 Å². The van der Waals surface area contributed by atoms with Gasteiger partial charge in [-0.15, -0.1) is 0 Å². The standard InChI is InChI=1S/C18H20N2O/c1-12-3-4-14(11-13(12)2)18(21)20-17-9-7-16(8-10-17)19-15-5-6-15/h3-4,7-11,15,19H,5-6H2,1-2H3,(H,20,21). The maximum atomic E-state index is 12.2. The van der Waals surface area contributed by atoms with Crippen LogP contribution in [0.25, 0.3) is 0 Å². The van der Waals surface area contributed by atoms with Crippen molar-refractivity contribution in [1.82, 2.24) is 0 Å². The van der Waals surface area contributed by atoms with Crippen molar-refractivity contribution in [2.24, 2.45) is 0 Å². The van der Waals surface area contributed by atoms with Crippen LogP contribution in [0.5, 0.6) is 0 Å². The van der Waals surface area contributed by atoms with Crippen LogP contribution in [0, 0.1) is 13.8 Å². The van der Waals surface area contributed by atoms with Crippen molar-refractivity contribution in [3.63, 3.8) is 0 Å². The van der Waals surface area contributed by atoms with Crippen LogP contribution in [0.3, 0.4) is 0 Å². The number of amides is 1. The monoisotopic (exact) mass is 280 g/mol. The first-order valence-electron chi connectivity index (χ1n) is 7.37. The van der Waals surface area contributed by atoms with E-state index in [9.17, 15) is 4.79 Å². The Balaban J connectivity index is 1.67. The van der Waals surface area contributed by atoms with Gasteiger partial charge in [0.15, 0.2) is 0 Å². The number of carbonyl (C=O) groups is 1. The first-order valence-corrected chi connectivity index (χ1v) is 7.37. The van der Waals surface area contributed by atoms with Gasteiger partial charge in [0, 0.05) is 23.0 Å². The van der Waals surface area contributed by atoms with Gasteiger partial charge in [-0.05, 0) is 74.2 Å². The molecule has 0 aliphatic heterocycles. The summed E-state index contributed by atoms with van der Waals surface area (Å²) in [4.78, 5) is 12.2. The molecule has 1 saturated carbocycles. The Morgan fingerprint density at radius 2 is 1.62 bits per heavy atom. The molecule has 0 aromatic heterocycles. The van der Waals surface area contributed by atoms with Gasteiger partial charge in [-0.1, -0.05) is 6.07 Å². The molecule has 1 amide bonds. The lowest BCUT2D eigenvalue weighted by Crippen LogP contribution is -2.12. The summed E-state index contributed by atoms with van der Waals surface area (Å²) >= 11 is 0. The van der Waals surface area contributed by atoms with Crippen LogP contribution in [0.15, 0.2) is 42.5 Å². The van der Waals surface area contributed by atoms with Gasteiger partial charge in [-0.3, -0.25) is 4.79 Å². The molecule has 21 heavy (non-hydrogen) atoms. The Morgan fingerprint density at radius 3 is 2.24 bits per heavy atom. The number of aryl methyl sites for hydroxylation is 2.